The summed E-state index contributed by atoms with van der Waals surface area (Å²) in [6, 6.07) is 44.7. The molecule has 4 aromatic rings. The van der Waals surface area contributed by atoms with Crippen LogP contribution in [-0.4, -0.2) is 91.1 Å². The third-order valence-corrected chi connectivity index (χ3v) is 25.2. The molecule has 0 saturated heterocycles. The zero-order chi connectivity index (χ0) is 38.3. The van der Waals surface area contributed by atoms with E-state index in [0.717, 1.165) is 70.6 Å². The number of hydrogen-bond donors (Lipinski definition) is 0. The van der Waals surface area contributed by atoms with Gasteiger partial charge in [0, 0.05) is 56.9 Å². The maximum atomic E-state index is 6.43. The molecule has 12 heteroatoms. The van der Waals surface area contributed by atoms with Gasteiger partial charge in [-0.3, -0.25) is 0 Å². The van der Waals surface area contributed by atoms with Crippen LogP contribution >= 0.6 is 0 Å². The van der Waals surface area contributed by atoms with E-state index in [1.165, 1.54) is 0 Å². The molecule has 0 heterocycles. The molecular formula is C41H60O8Si4. The zero-order valence-electron chi connectivity index (χ0n) is 33.0. The summed E-state index contributed by atoms with van der Waals surface area (Å²) in [7, 11) is 2.94. The van der Waals surface area contributed by atoms with Crippen molar-refractivity contribution in [3.05, 3.63) is 121 Å². The molecule has 0 aliphatic heterocycles. The van der Waals surface area contributed by atoms with Gasteiger partial charge in [0.1, 0.15) is 0 Å². The minimum absolute atomic E-state index is 0.262. The Balaban J connectivity index is 1.87. The first-order chi connectivity index (χ1) is 25.7. The zero-order valence-corrected chi connectivity index (χ0v) is 37.0. The highest BCUT2D eigenvalue weighted by atomic mass is 28.4. The van der Waals surface area contributed by atoms with E-state index < -0.39 is 34.2 Å². The fourth-order valence-corrected chi connectivity index (χ4v) is 19.5. The Morgan fingerprint density at radius 1 is 0.302 bits per heavy atom. The molecule has 0 N–H and O–H groups in total. The molecule has 0 atom stereocenters. The normalized spacial score (nSPS) is 13.0. The summed E-state index contributed by atoms with van der Waals surface area (Å²) in [5.41, 5.74) is -0.262. The fraction of sp³-hybridized carbons (Fsp3) is 0.415. The Labute approximate surface area is 322 Å². The minimum Gasteiger partial charge on any atom is -0.394 e. The lowest BCUT2D eigenvalue weighted by Gasteiger charge is -2.42. The molecular weight excluding hydrogens is 733 g/mol. The van der Waals surface area contributed by atoms with Crippen LogP contribution in [0.15, 0.2) is 121 Å². The minimum atomic E-state index is -2.85. The Hall–Kier alpha value is -2.57. The highest BCUT2D eigenvalue weighted by Gasteiger charge is 2.49. The van der Waals surface area contributed by atoms with Crippen molar-refractivity contribution in [1.82, 2.24) is 0 Å². The van der Waals surface area contributed by atoms with Gasteiger partial charge in [-0.1, -0.05) is 121 Å². The monoisotopic (exact) mass is 792 g/mol. The topological polar surface area (TPSA) is 73.8 Å². The van der Waals surface area contributed by atoms with Crippen LogP contribution in [0.3, 0.4) is 0 Å². The molecule has 0 spiro atoms. The van der Waals surface area contributed by atoms with Gasteiger partial charge in [-0.05, 0) is 76.0 Å². The van der Waals surface area contributed by atoms with Crippen LogP contribution in [0.2, 0.25) is 24.2 Å². The highest BCUT2D eigenvalue weighted by molar-refractivity contribution is 6.82. The van der Waals surface area contributed by atoms with Crippen LogP contribution in [0, 0.1) is 5.41 Å². The van der Waals surface area contributed by atoms with Gasteiger partial charge in [0.05, 0.1) is 0 Å². The molecule has 0 fully saturated rings. The highest BCUT2D eigenvalue weighted by Crippen LogP contribution is 2.46. The molecule has 0 aliphatic rings. The maximum absolute atomic E-state index is 6.43. The molecule has 0 bridgehead atoms. The second-order valence-electron chi connectivity index (χ2n) is 13.6. The molecule has 0 aromatic heterocycles. The van der Waals surface area contributed by atoms with Crippen LogP contribution in [0.5, 0.6) is 0 Å². The molecule has 0 unspecified atom stereocenters. The van der Waals surface area contributed by atoms with Crippen molar-refractivity contribution in [1.29, 1.82) is 0 Å². The van der Waals surface area contributed by atoms with Gasteiger partial charge in [-0.15, -0.1) is 0 Å². The Morgan fingerprint density at radius 3 is 0.623 bits per heavy atom. The second kappa shape index (κ2) is 20.4. The van der Waals surface area contributed by atoms with E-state index in [9.17, 15) is 0 Å². The molecule has 0 amide bonds. The molecule has 4 rings (SSSR count). The number of rotatable bonds is 24. The summed E-state index contributed by atoms with van der Waals surface area (Å²) in [5, 5.41) is 4.46. The smallest absolute Gasteiger partial charge is 0.372 e. The summed E-state index contributed by atoms with van der Waals surface area (Å²) in [4.78, 5) is 0. The van der Waals surface area contributed by atoms with E-state index in [1.54, 1.807) is 56.9 Å². The van der Waals surface area contributed by atoms with Crippen LogP contribution in [0.25, 0.3) is 0 Å². The van der Waals surface area contributed by atoms with Gasteiger partial charge < -0.3 is 35.4 Å². The van der Waals surface area contributed by atoms with Crippen molar-refractivity contribution in [2.45, 2.75) is 49.9 Å². The lowest BCUT2D eigenvalue weighted by molar-refractivity contribution is 0.179. The summed E-state index contributed by atoms with van der Waals surface area (Å²) in [5.74, 6) is 0. The average molecular weight is 793 g/mol. The standard InChI is InChI=1S/C41H60O8Si4/c1-42-50(43-2,37-21-13-9-14-22-37)33-29-41(30-34-51(44-3,45-4)38-23-15-10-16-24-38,31-35-52(46-5,47-6)39-25-17-11-18-26-39)32-36-53(48-7,49-8)40-27-19-12-20-28-40/h9-28H,29-36H2,1-8H3. The first-order valence-corrected chi connectivity index (χ1v) is 26.5. The molecule has 53 heavy (non-hydrogen) atoms. The molecule has 4 aromatic carbocycles. The Kier molecular flexibility index (Phi) is 16.6. The van der Waals surface area contributed by atoms with E-state index >= 15 is 0 Å². The molecule has 0 aliphatic carbocycles. The summed E-state index contributed by atoms with van der Waals surface area (Å²) in [6.07, 6.45) is 3.34. The van der Waals surface area contributed by atoms with Crippen LogP contribution < -0.4 is 20.7 Å². The largest absolute Gasteiger partial charge is 0.394 e. The third-order valence-electron chi connectivity index (χ3n) is 11.4. The summed E-state index contributed by atoms with van der Waals surface area (Å²) >= 11 is 0. The maximum Gasteiger partial charge on any atom is 0.372 e. The first-order valence-electron chi connectivity index (χ1n) is 18.4. The lowest BCUT2D eigenvalue weighted by Crippen LogP contribution is -2.56. The molecule has 8 nitrogen and oxygen atoms in total. The fourth-order valence-electron chi connectivity index (χ4n) is 7.91. The SMILES string of the molecule is CO[Si](CCC(CC[Si](OC)(OC)c1ccccc1)(CC[Si](OC)(OC)c1ccccc1)CC[Si](OC)(OC)c1ccccc1)(OC)c1ccccc1. The molecule has 0 radical (unpaired) electrons. The van der Waals surface area contributed by atoms with Gasteiger partial charge >= 0.3 is 34.2 Å². The van der Waals surface area contributed by atoms with E-state index in [-0.39, 0.29) is 5.41 Å². The van der Waals surface area contributed by atoms with Gasteiger partial charge in [0.25, 0.3) is 0 Å². The van der Waals surface area contributed by atoms with Crippen molar-refractivity contribution in [2.24, 2.45) is 5.41 Å². The van der Waals surface area contributed by atoms with Crippen LogP contribution in [0.1, 0.15) is 25.7 Å². The van der Waals surface area contributed by atoms with E-state index in [0.29, 0.717) is 0 Å². The summed E-state index contributed by atoms with van der Waals surface area (Å²) < 4.78 is 51.5. The van der Waals surface area contributed by atoms with E-state index in [2.05, 4.69) is 97.1 Å². The van der Waals surface area contributed by atoms with Crippen molar-refractivity contribution in [2.75, 3.05) is 56.9 Å². The van der Waals surface area contributed by atoms with Gasteiger partial charge in [-0.25, -0.2) is 0 Å². The average Bonchev–Trinajstić information content (AvgIpc) is 3.24. The Bertz CT molecular complexity index is 1340. The molecule has 0 saturated carbocycles. The second-order valence-corrected chi connectivity index (χ2v) is 27.2. The van der Waals surface area contributed by atoms with Crippen LogP contribution in [-0.2, 0) is 35.4 Å². The predicted octanol–water partition coefficient (Wildman–Crippen LogP) is 6.10. The first kappa shape index (κ1) is 43.2. The van der Waals surface area contributed by atoms with Gasteiger partial charge in [0.2, 0.25) is 0 Å². The van der Waals surface area contributed by atoms with Crippen molar-refractivity contribution < 1.29 is 35.4 Å². The van der Waals surface area contributed by atoms with Crippen molar-refractivity contribution in [3.8, 4) is 0 Å². The third kappa shape index (κ3) is 10.0. The van der Waals surface area contributed by atoms with E-state index in [1.807, 2.05) is 24.3 Å². The number of hydrogen-bond acceptors (Lipinski definition) is 8. The van der Waals surface area contributed by atoms with Crippen molar-refractivity contribution >= 4 is 55.0 Å². The molecule has 288 valence electrons. The van der Waals surface area contributed by atoms with Crippen LogP contribution in [0.4, 0.5) is 0 Å². The lowest BCUT2D eigenvalue weighted by atomic mass is 9.77. The van der Waals surface area contributed by atoms with Gasteiger partial charge in [0.15, 0.2) is 0 Å². The van der Waals surface area contributed by atoms with Crippen molar-refractivity contribution in [3.63, 3.8) is 0 Å². The van der Waals surface area contributed by atoms with E-state index in [4.69, 9.17) is 35.4 Å². The predicted molar refractivity (Wildman–Crippen MR) is 224 cm³/mol. The van der Waals surface area contributed by atoms with Gasteiger partial charge in [-0.2, -0.15) is 0 Å². The number of benzene rings is 4. The quantitative estimate of drug-likeness (QED) is 0.0790. The summed E-state index contributed by atoms with van der Waals surface area (Å²) in [6.45, 7) is 0. The Morgan fingerprint density at radius 2 is 0.472 bits per heavy atom.